The lowest BCUT2D eigenvalue weighted by molar-refractivity contribution is -0.140. The van der Waals surface area contributed by atoms with Crippen molar-refractivity contribution in [1.29, 1.82) is 0 Å². The molecule has 5 rings (SSSR count). The molecule has 3 aromatic rings. The molecule has 11 nitrogen and oxygen atoms in total. The van der Waals surface area contributed by atoms with E-state index in [4.69, 9.17) is 14.2 Å². The Morgan fingerprint density at radius 1 is 1.07 bits per heavy atom. The van der Waals surface area contributed by atoms with E-state index in [0.717, 1.165) is 5.69 Å². The zero-order valence-corrected chi connectivity index (χ0v) is 24.6. The number of aromatic nitrogens is 3. The highest BCUT2D eigenvalue weighted by molar-refractivity contribution is 5.94. The van der Waals surface area contributed by atoms with Gasteiger partial charge >= 0.3 is 0 Å². The molecule has 2 aliphatic rings. The molecule has 42 heavy (non-hydrogen) atoms. The number of benzene rings is 2. The Hall–Kier alpha value is -3.96. The number of methoxy groups -OCH3 is 1. The van der Waals surface area contributed by atoms with E-state index in [1.54, 1.807) is 17.9 Å². The van der Waals surface area contributed by atoms with Crippen molar-refractivity contribution < 1.29 is 23.8 Å². The first-order chi connectivity index (χ1) is 20.4. The highest BCUT2D eigenvalue weighted by Gasteiger charge is 2.37. The van der Waals surface area contributed by atoms with E-state index < -0.39 is 0 Å². The molecule has 2 fully saturated rings. The largest absolute Gasteiger partial charge is 0.497 e. The summed E-state index contributed by atoms with van der Waals surface area (Å²) in [6.45, 7) is 8.30. The Bertz CT molecular complexity index is 1340. The molecule has 1 aromatic heterocycles. The van der Waals surface area contributed by atoms with Crippen molar-refractivity contribution in [3.05, 3.63) is 66.0 Å². The highest BCUT2D eigenvalue weighted by atomic mass is 16.5. The van der Waals surface area contributed by atoms with Gasteiger partial charge in [0.1, 0.15) is 23.8 Å². The van der Waals surface area contributed by atoms with Crippen molar-refractivity contribution in [1.82, 2.24) is 30.1 Å². The van der Waals surface area contributed by atoms with Gasteiger partial charge in [-0.3, -0.25) is 9.59 Å². The lowest BCUT2D eigenvalue weighted by atomic mass is 9.92. The Morgan fingerprint density at radius 2 is 1.83 bits per heavy atom. The van der Waals surface area contributed by atoms with Crippen LogP contribution in [0, 0.1) is 11.8 Å². The molecule has 0 bridgehead atoms. The first kappa shape index (κ1) is 29.5. The summed E-state index contributed by atoms with van der Waals surface area (Å²) in [5, 5.41) is 12.2. The number of nitrogens with zero attached hydrogens (tertiary/aromatic N) is 5. The Balaban J connectivity index is 1.42. The molecule has 0 spiro atoms. The fraction of sp³-hybridized carbons (Fsp3) is 0.484. The minimum absolute atomic E-state index is 0.0761. The number of rotatable bonds is 10. The third-order valence-corrected chi connectivity index (χ3v) is 7.65. The molecule has 0 unspecified atom stereocenters. The fourth-order valence-electron chi connectivity index (χ4n) is 5.53. The van der Waals surface area contributed by atoms with E-state index in [-0.39, 0.29) is 42.0 Å². The van der Waals surface area contributed by atoms with Crippen LogP contribution in [0.5, 0.6) is 11.5 Å². The number of carbonyl (C=O) groups is 2. The molecule has 3 heterocycles. The van der Waals surface area contributed by atoms with Crippen molar-refractivity contribution in [3.63, 3.8) is 0 Å². The number of para-hydroxylation sites is 1. The predicted molar refractivity (Wildman–Crippen MR) is 157 cm³/mol. The maximum atomic E-state index is 14.3. The number of amides is 2. The van der Waals surface area contributed by atoms with Crippen molar-refractivity contribution >= 4 is 11.8 Å². The summed E-state index contributed by atoms with van der Waals surface area (Å²) >= 11 is 0. The van der Waals surface area contributed by atoms with Crippen LogP contribution in [0.15, 0.2) is 54.6 Å². The van der Waals surface area contributed by atoms with E-state index in [1.807, 2.05) is 58.3 Å². The van der Waals surface area contributed by atoms with E-state index in [2.05, 4.69) is 29.5 Å². The molecule has 11 heteroatoms. The average molecular weight is 577 g/mol. The van der Waals surface area contributed by atoms with Crippen LogP contribution in [-0.2, 0) is 16.1 Å². The van der Waals surface area contributed by atoms with Gasteiger partial charge in [-0.2, -0.15) is 0 Å². The predicted octanol–water partition coefficient (Wildman–Crippen LogP) is 2.79. The molecule has 0 aliphatic carbocycles. The second kappa shape index (κ2) is 13.8. The molecular formula is C31H40N6O5. The number of carbonyl (C=O) groups excluding carboxylic acids is 2. The second-order valence-electron chi connectivity index (χ2n) is 11.1. The molecule has 1 N–H and O–H groups in total. The number of piperidine rings is 1. The first-order valence-corrected chi connectivity index (χ1v) is 14.6. The first-order valence-electron chi connectivity index (χ1n) is 14.6. The third-order valence-electron chi connectivity index (χ3n) is 7.65. The number of ether oxygens (including phenoxy) is 3. The third kappa shape index (κ3) is 6.91. The van der Waals surface area contributed by atoms with Gasteiger partial charge in [0.25, 0.3) is 5.91 Å². The van der Waals surface area contributed by atoms with Crippen LogP contribution >= 0.6 is 0 Å². The maximum Gasteiger partial charge on any atom is 0.276 e. The molecule has 2 aromatic carbocycles. The standard InChI is InChI=1S/C31H40N6O5/c1-22(2)20-36(25-16-23(18-32-19-25)30(38)35-12-14-41-15-13-35)31(39)29-28(21-42-27-11-7-10-26(17-27)40-3)37(34-33-29)24-8-5-4-6-9-24/h4-11,17,22-23,25,32H,12-16,18-21H2,1-3H3/t23-,25+/m1/s1. The van der Waals surface area contributed by atoms with Gasteiger partial charge < -0.3 is 29.3 Å². The van der Waals surface area contributed by atoms with Crippen LogP contribution in [-0.4, -0.2) is 95.7 Å². The number of hydrogen-bond donors (Lipinski definition) is 1. The lowest BCUT2D eigenvalue weighted by Crippen LogP contribution is -2.56. The number of morpholine rings is 1. The zero-order valence-electron chi connectivity index (χ0n) is 24.6. The van der Waals surface area contributed by atoms with Crippen LogP contribution in [0.1, 0.15) is 36.5 Å². The molecule has 2 saturated heterocycles. The van der Waals surface area contributed by atoms with Crippen LogP contribution in [0.2, 0.25) is 0 Å². The average Bonchev–Trinajstić information content (AvgIpc) is 3.47. The molecule has 0 radical (unpaired) electrons. The minimum Gasteiger partial charge on any atom is -0.497 e. The van der Waals surface area contributed by atoms with Gasteiger partial charge in [-0.05, 0) is 36.6 Å². The summed E-state index contributed by atoms with van der Waals surface area (Å²) in [6, 6.07) is 16.7. The van der Waals surface area contributed by atoms with Gasteiger partial charge in [0.05, 0.1) is 31.9 Å². The summed E-state index contributed by atoms with van der Waals surface area (Å²) in [6.07, 6.45) is 0.587. The Labute approximate surface area is 246 Å². The number of nitrogens with one attached hydrogen (secondary N) is 1. The fourth-order valence-corrected chi connectivity index (χ4v) is 5.53. The monoisotopic (exact) mass is 576 g/mol. The van der Waals surface area contributed by atoms with Crippen molar-refractivity contribution in [3.8, 4) is 17.2 Å². The van der Waals surface area contributed by atoms with E-state index in [9.17, 15) is 9.59 Å². The van der Waals surface area contributed by atoms with E-state index in [1.165, 1.54) is 0 Å². The van der Waals surface area contributed by atoms with E-state index in [0.29, 0.717) is 69.6 Å². The maximum absolute atomic E-state index is 14.3. The van der Waals surface area contributed by atoms with Gasteiger partial charge in [0.15, 0.2) is 5.69 Å². The van der Waals surface area contributed by atoms with Gasteiger partial charge in [-0.15, -0.1) is 5.10 Å². The molecular weight excluding hydrogens is 536 g/mol. The summed E-state index contributed by atoms with van der Waals surface area (Å²) in [4.78, 5) is 31.4. The second-order valence-corrected chi connectivity index (χ2v) is 11.1. The lowest BCUT2D eigenvalue weighted by Gasteiger charge is -2.40. The highest BCUT2D eigenvalue weighted by Crippen LogP contribution is 2.25. The number of hydrogen-bond acceptors (Lipinski definition) is 8. The SMILES string of the molecule is COc1cccc(OCc2c(C(=O)N(CC(C)C)[C@@H]3CNC[C@H](C(=O)N4CCOCC4)C3)nnn2-c2ccccc2)c1. The molecule has 2 aliphatic heterocycles. The zero-order chi connectivity index (χ0) is 29.5. The normalized spacial score (nSPS) is 19.0. The van der Waals surface area contributed by atoms with Crippen molar-refractivity contribution in [2.24, 2.45) is 11.8 Å². The quantitative estimate of drug-likeness (QED) is 0.392. The summed E-state index contributed by atoms with van der Waals surface area (Å²) < 4.78 is 18.6. The van der Waals surface area contributed by atoms with Crippen LogP contribution < -0.4 is 14.8 Å². The van der Waals surface area contributed by atoms with Crippen LogP contribution in [0.4, 0.5) is 0 Å². The molecule has 0 saturated carbocycles. The minimum atomic E-state index is -0.221. The van der Waals surface area contributed by atoms with Gasteiger partial charge in [0.2, 0.25) is 5.91 Å². The van der Waals surface area contributed by atoms with Crippen molar-refractivity contribution in [2.75, 3.05) is 53.0 Å². The molecule has 224 valence electrons. The van der Waals surface area contributed by atoms with Gasteiger partial charge in [-0.1, -0.05) is 43.3 Å². The Kier molecular flexibility index (Phi) is 9.70. The summed E-state index contributed by atoms with van der Waals surface area (Å²) in [5.41, 5.74) is 1.57. The summed E-state index contributed by atoms with van der Waals surface area (Å²) in [7, 11) is 1.60. The van der Waals surface area contributed by atoms with Gasteiger partial charge in [0, 0.05) is 44.8 Å². The summed E-state index contributed by atoms with van der Waals surface area (Å²) in [5.74, 6) is 1.18. The Morgan fingerprint density at radius 3 is 2.57 bits per heavy atom. The van der Waals surface area contributed by atoms with Crippen LogP contribution in [0.25, 0.3) is 5.69 Å². The molecule has 2 amide bonds. The van der Waals surface area contributed by atoms with Crippen molar-refractivity contribution in [2.45, 2.75) is 32.9 Å². The molecule has 2 atom stereocenters. The van der Waals surface area contributed by atoms with Gasteiger partial charge in [-0.25, -0.2) is 4.68 Å². The topological polar surface area (TPSA) is 111 Å². The van der Waals surface area contributed by atoms with Crippen LogP contribution in [0.3, 0.4) is 0 Å². The van der Waals surface area contributed by atoms with E-state index >= 15 is 0 Å². The smallest absolute Gasteiger partial charge is 0.276 e.